The van der Waals surface area contributed by atoms with Crippen LogP contribution in [0.5, 0.6) is 0 Å². The monoisotopic (exact) mass is 396 g/mol. The van der Waals surface area contributed by atoms with Crippen LogP contribution in [0.3, 0.4) is 0 Å². The van der Waals surface area contributed by atoms with Gasteiger partial charge in [-0.3, -0.25) is 14.6 Å². The Balaban J connectivity index is 1.41. The van der Waals surface area contributed by atoms with E-state index in [2.05, 4.69) is 16.8 Å². The molecule has 0 N–H and O–H groups in total. The number of carbonyl (C=O) groups excluding carboxylic acids is 2. The molecule has 154 valence electrons. The van der Waals surface area contributed by atoms with Crippen molar-refractivity contribution in [1.29, 1.82) is 0 Å². The summed E-state index contributed by atoms with van der Waals surface area (Å²) in [6.07, 6.45) is 8.00. The lowest BCUT2D eigenvalue weighted by atomic mass is 9.99. The standard InChI is InChI=1S/C22H28N4O3/c1-2-17-6-3-4-10-26(17)18-8-9-23-19(16-18)21(27)24-11-13-25(14-12-24)22(28)20-7-5-15-29-20/h5,7-9,15-17H,2-4,6,10-14H2,1H3. The van der Waals surface area contributed by atoms with Gasteiger partial charge < -0.3 is 19.1 Å². The average molecular weight is 396 g/mol. The van der Waals surface area contributed by atoms with Crippen LogP contribution in [-0.4, -0.2) is 65.4 Å². The van der Waals surface area contributed by atoms with Crippen LogP contribution in [0.2, 0.25) is 0 Å². The van der Waals surface area contributed by atoms with Crippen molar-refractivity contribution in [3.63, 3.8) is 0 Å². The second kappa shape index (κ2) is 8.68. The van der Waals surface area contributed by atoms with E-state index in [-0.39, 0.29) is 11.8 Å². The van der Waals surface area contributed by atoms with Crippen molar-refractivity contribution in [2.24, 2.45) is 0 Å². The predicted molar refractivity (Wildman–Crippen MR) is 110 cm³/mol. The van der Waals surface area contributed by atoms with Gasteiger partial charge in [-0.15, -0.1) is 0 Å². The van der Waals surface area contributed by atoms with Gasteiger partial charge >= 0.3 is 0 Å². The van der Waals surface area contributed by atoms with E-state index in [9.17, 15) is 9.59 Å². The highest BCUT2D eigenvalue weighted by atomic mass is 16.3. The van der Waals surface area contributed by atoms with Crippen molar-refractivity contribution in [3.05, 3.63) is 48.2 Å². The van der Waals surface area contributed by atoms with Crippen LogP contribution in [0, 0.1) is 0 Å². The number of piperidine rings is 1. The van der Waals surface area contributed by atoms with E-state index in [1.165, 1.54) is 25.5 Å². The van der Waals surface area contributed by atoms with Crippen molar-refractivity contribution >= 4 is 17.5 Å². The first-order valence-corrected chi connectivity index (χ1v) is 10.5. The van der Waals surface area contributed by atoms with Gasteiger partial charge in [0.2, 0.25) is 0 Å². The van der Waals surface area contributed by atoms with Gasteiger partial charge in [0.25, 0.3) is 11.8 Å². The maximum atomic E-state index is 13.0. The van der Waals surface area contributed by atoms with Crippen LogP contribution >= 0.6 is 0 Å². The molecule has 1 unspecified atom stereocenters. The second-order valence-corrected chi connectivity index (χ2v) is 7.71. The van der Waals surface area contributed by atoms with Crippen molar-refractivity contribution < 1.29 is 14.0 Å². The molecule has 2 aliphatic heterocycles. The largest absolute Gasteiger partial charge is 0.459 e. The molecular formula is C22H28N4O3. The molecule has 2 aromatic rings. The summed E-state index contributed by atoms with van der Waals surface area (Å²) in [4.78, 5) is 35.7. The molecule has 0 bridgehead atoms. The topological polar surface area (TPSA) is 69.9 Å². The zero-order valence-corrected chi connectivity index (χ0v) is 16.9. The summed E-state index contributed by atoms with van der Waals surface area (Å²) in [5.41, 5.74) is 1.57. The van der Waals surface area contributed by atoms with E-state index in [1.54, 1.807) is 28.1 Å². The summed E-state index contributed by atoms with van der Waals surface area (Å²) in [7, 11) is 0. The molecule has 0 aliphatic carbocycles. The smallest absolute Gasteiger partial charge is 0.289 e. The van der Waals surface area contributed by atoms with E-state index in [4.69, 9.17) is 4.42 Å². The number of piperazine rings is 1. The van der Waals surface area contributed by atoms with Gasteiger partial charge in [-0.2, -0.15) is 0 Å². The third-order valence-corrected chi connectivity index (χ3v) is 5.98. The highest BCUT2D eigenvalue weighted by molar-refractivity contribution is 5.94. The number of rotatable bonds is 4. The molecule has 29 heavy (non-hydrogen) atoms. The lowest BCUT2D eigenvalue weighted by Gasteiger charge is -2.37. The number of nitrogens with zero attached hydrogens (tertiary/aromatic N) is 4. The fraction of sp³-hybridized carbons (Fsp3) is 0.500. The number of hydrogen-bond donors (Lipinski definition) is 0. The quantitative estimate of drug-likeness (QED) is 0.794. The van der Waals surface area contributed by atoms with Crippen LogP contribution in [0.1, 0.15) is 53.7 Å². The Kier molecular flexibility index (Phi) is 5.83. The van der Waals surface area contributed by atoms with Gasteiger partial charge in [0.15, 0.2) is 5.76 Å². The summed E-state index contributed by atoms with van der Waals surface area (Å²) >= 11 is 0. The summed E-state index contributed by atoms with van der Waals surface area (Å²) in [6, 6.07) is 7.84. The zero-order valence-electron chi connectivity index (χ0n) is 16.9. The van der Waals surface area contributed by atoms with E-state index in [1.807, 2.05) is 12.1 Å². The predicted octanol–water partition coefficient (Wildman–Crippen LogP) is 3.04. The molecular weight excluding hydrogens is 368 g/mol. The first-order valence-electron chi connectivity index (χ1n) is 10.5. The van der Waals surface area contributed by atoms with Crippen LogP contribution < -0.4 is 4.90 Å². The van der Waals surface area contributed by atoms with Crippen molar-refractivity contribution in [2.75, 3.05) is 37.6 Å². The molecule has 2 aliphatic rings. The third kappa shape index (κ3) is 4.13. The van der Waals surface area contributed by atoms with E-state index < -0.39 is 0 Å². The highest BCUT2D eigenvalue weighted by Crippen LogP contribution is 2.27. The Bertz CT molecular complexity index is 844. The maximum Gasteiger partial charge on any atom is 0.289 e. The molecule has 4 heterocycles. The minimum atomic E-state index is -0.127. The molecule has 0 aromatic carbocycles. The first kappa shape index (κ1) is 19.5. The van der Waals surface area contributed by atoms with Crippen molar-refractivity contribution in [1.82, 2.24) is 14.8 Å². The highest BCUT2D eigenvalue weighted by Gasteiger charge is 2.28. The molecule has 7 heteroatoms. The summed E-state index contributed by atoms with van der Waals surface area (Å²) in [6.45, 7) is 5.24. The number of aromatic nitrogens is 1. The molecule has 2 aromatic heterocycles. The van der Waals surface area contributed by atoms with Crippen LogP contribution in [0.15, 0.2) is 41.1 Å². The third-order valence-electron chi connectivity index (χ3n) is 5.98. The lowest BCUT2D eigenvalue weighted by molar-refractivity contribution is 0.0515. The Morgan fingerprint density at radius 1 is 1.07 bits per heavy atom. The average Bonchev–Trinajstić information content (AvgIpc) is 3.33. The number of hydrogen-bond acceptors (Lipinski definition) is 5. The molecule has 2 fully saturated rings. The normalized spacial score (nSPS) is 20.0. The maximum absolute atomic E-state index is 13.0. The fourth-order valence-electron chi connectivity index (χ4n) is 4.31. The molecule has 2 saturated heterocycles. The van der Waals surface area contributed by atoms with Gasteiger partial charge in [-0.1, -0.05) is 6.92 Å². The van der Waals surface area contributed by atoms with Gasteiger partial charge in [0, 0.05) is 50.6 Å². The van der Waals surface area contributed by atoms with E-state index in [0.717, 1.165) is 18.7 Å². The lowest BCUT2D eigenvalue weighted by Crippen LogP contribution is -2.50. The summed E-state index contributed by atoms with van der Waals surface area (Å²) in [5, 5.41) is 0. The number of furan rings is 1. The van der Waals surface area contributed by atoms with Gasteiger partial charge in [-0.25, -0.2) is 0 Å². The minimum Gasteiger partial charge on any atom is -0.459 e. The van der Waals surface area contributed by atoms with Crippen LogP contribution in [0.4, 0.5) is 5.69 Å². The van der Waals surface area contributed by atoms with E-state index in [0.29, 0.717) is 43.7 Å². The second-order valence-electron chi connectivity index (χ2n) is 7.71. The van der Waals surface area contributed by atoms with E-state index >= 15 is 0 Å². The summed E-state index contributed by atoms with van der Waals surface area (Å²) in [5.74, 6) is 0.145. The molecule has 0 radical (unpaired) electrons. The first-order chi connectivity index (χ1) is 14.2. The molecule has 4 rings (SSSR count). The fourth-order valence-corrected chi connectivity index (χ4v) is 4.31. The molecule has 0 spiro atoms. The molecule has 0 saturated carbocycles. The van der Waals surface area contributed by atoms with Crippen LogP contribution in [-0.2, 0) is 0 Å². The van der Waals surface area contributed by atoms with Gasteiger partial charge in [0.05, 0.1) is 6.26 Å². The molecule has 7 nitrogen and oxygen atoms in total. The van der Waals surface area contributed by atoms with Gasteiger partial charge in [0.1, 0.15) is 5.69 Å². The Hall–Kier alpha value is -2.83. The SMILES string of the molecule is CCC1CCCCN1c1ccnc(C(=O)N2CCN(C(=O)c3ccco3)CC2)c1. The molecule has 1 atom stereocenters. The Labute approximate surface area is 171 Å². The van der Waals surface area contributed by atoms with Crippen molar-refractivity contribution in [2.45, 2.75) is 38.6 Å². The minimum absolute atomic E-state index is 0.0676. The zero-order chi connectivity index (χ0) is 20.2. The summed E-state index contributed by atoms with van der Waals surface area (Å²) < 4.78 is 5.19. The van der Waals surface area contributed by atoms with Crippen LogP contribution in [0.25, 0.3) is 0 Å². The number of carbonyl (C=O) groups is 2. The Morgan fingerprint density at radius 3 is 2.52 bits per heavy atom. The van der Waals surface area contributed by atoms with Gasteiger partial charge in [-0.05, 0) is 49.9 Å². The number of pyridine rings is 1. The number of amides is 2. The van der Waals surface area contributed by atoms with Crippen molar-refractivity contribution in [3.8, 4) is 0 Å². The number of anilines is 1. The Morgan fingerprint density at radius 2 is 1.83 bits per heavy atom. The molecule has 2 amide bonds.